The lowest BCUT2D eigenvalue weighted by atomic mass is 9.92. The van der Waals surface area contributed by atoms with E-state index in [2.05, 4.69) is 4.99 Å². The van der Waals surface area contributed by atoms with Gasteiger partial charge in [-0.1, -0.05) is 0 Å². The number of carbonyl (C=O) groups is 1. The maximum atomic E-state index is 12.0. The molecule has 0 radical (unpaired) electrons. The number of carbonyl (C=O) groups excluding carboxylic acids is 1. The molecule has 0 saturated carbocycles. The Morgan fingerprint density at radius 1 is 1.25 bits per heavy atom. The number of hydrogen-bond acceptors (Lipinski definition) is 2. The van der Waals surface area contributed by atoms with Crippen LogP contribution in [-0.4, -0.2) is 17.5 Å². The van der Waals surface area contributed by atoms with Gasteiger partial charge in [0.15, 0.2) is 5.96 Å². The number of benzene rings is 1. The minimum Gasteiger partial charge on any atom is -0.483 e. The van der Waals surface area contributed by atoms with Crippen LogP contribution in [-0.2, 0) is 0 Å². The Balaban J connectivity index is 2.54. The van der Waals surface area contributed by atoms with Gasteiger partial charge >= 0.3 is 0 Å². The minimum atomic E-state index is -0.442. The number of nitrogens with two attached hydrogens (primary N) is 2. The van der Waals surface area contributed by atoms with Crippen molar-refractivity contribution < 1.29 is 9.53 Å². The average molecular weight is 273 g/mol. The van der Waals surface area contributed by atoms with Crippen molar-refractivity contribution in [3.63, 3.8) is 0 Å². The van der Waals surface area contributed by atoms with Gasteiger partial charge in [-0.25, -0.2) is 0 Å². The highest BCUT2D eigenvalue weighted by Gasteiger charge is 2.26. The molecule has 5 nitrogen and oxygen atoms in total. The number of hydrogen-bond donors (Lipinski definition) is 2. The van der Waals surface area contributed by atoms with E-state index >= 15 is 0 Å². The number of aliphatic imine (C=N–C) groups is 1. The molecular weight excluding hydrogens is 254 g/mol. The number of amides is 1. The molecule has 0 saturated heterocycles. The van der Waals surface area contributed by atoms with Crippen LogP contribution in [0.1, 0.15) is 42.3 Å². The first-order valence-electron chi connectivity index (χ1n) is 6.37. The SMILES string of the molecule is CC1=CC(C)(C)Oc2cc(C)c(C(=O)N=C(N)N)cc21. The predicted octanol–water partition coefficient (Wildman–Crippen LogP) is 1.98. The number of rotatable bonds is 1. The topological polar surface area (TPSA) is 90.7 Å². The second-order valence-electron chi connectivity index (χ2n) is 5.54. The Bertz CT molecular complexity index is 638. The number of ether oxygens (including phenoxy) is 1. The van der Waals surface area contributed by atoms with Crippen LogP contribution >= 0.6 is 0 Å². The van der Waals surface area contributed by atoms with Gasteiger partial charge in [-0.15, -0.1) is 0 Å². The molecule has 1 aromatic carbocycles. The maximum absolute atomic E-state index is 12.0. The van der Waals surface area contributed by atoms with Crippen LogP contribution in [0.5, 0.6) is 5.75 Å². The third-order valence-corrected chi connectivity index (χ3v) is 3.15. The van der Waals surface area contributed by atoms with E-state index in [4.69, 9.17) is 16.2 Å². The average Bonchev–Trinajstić information content (AvgIpc) is 2.24. The second kappa shape index (κ2) is 4.67. The molecule has 0 aromatic heterocycles. The number of aryl methyl sites for hydroxylation is 1. The monoisotopic (exact) mass is 273 g/mol. The van der Waals surface area contributed by atoms with Crippen LogP contribution in [0.25, 0.3) is 5.57 Å². The quantitative estimate of drug-likeness (QED) is 0.604. The molecule has 5 heteroatoms. The molecule has 0 fully saturated rings. The second-order valence-corrected chi connectivity index (χ2v) is 5.54. The highest BCUT2D eigenvalue weighted by atomic mass is 16.5. The summed E-state index contributed by atoms with van der Waals surface area (Å²) < 4.78 is 5.91. The lowest BCUT2D eigenvalue weighted by Gasteiger charge is -2.30. The van der Waals surface area contributed by atoms with E-state index < -0.39 is 5.91 Å². The van der Waals surface area contributed by atoms with Gasteiger partial charge in [-0.05, 0) is 57.0 Å². The van der Waals surface area contributed by atoms with E-state index in [0.717, 1.165) is 22.4 Å². The van der Waals surface area contributed by atoms with Crippen molar-refractivity contribution in [1.82, 2.24) is 0 Å². The summed E-state index contributed by atoms with van der Waals surface area (Å²) >= 11 is 0. The van der Waals surface area contributed by atoms with E-state index in [1.54, 1.807) is 6.07 Å². The summed E-state index contributed by atoms with van der Waals surface area (Å²) in [6.07, 6.45) is 2.03. The number of nitrogens with zero attached hydrogens (tertiary/aromatic N) is 1. The van der Waals surface area contributed by atoms with Crippen molar-refractivity contribution in [2.75, 3.05) is 0 Å². The van der Waals surface area contributed by atoms with Gasteiger partial charge in [-0.2, -0.15) is 4.99 Å². The van der Waals surface area contributed by atoms with Gasteiger partial charge in [-0.3, -0.25) is 4.79 Å². The van der Waals surface area contributed by atoms with Crippen LogP contribution in [0.3, 0.4) is 0 Å². The maximum Gasteiger partial charge on any atom is 0.280 e. The zero-order valence-electron chi connectivity index (χ0n) is 12.2. The number of allylic oxidation sites excluding steroid dienone is 1. The first-order chi connectivity index (χ1) is 9.19. The molecule has 0 bridgehead atoms. The molecule has 0 unspecified atom stereocenters. The van der Waals surface area contributed by atoms with Crippen molar-refractivity contribution in [2.24, 2.45) is 16.5 Å². The molecule has 0 spiro atoms. The smallest absolute Gasteiger partial charge is 0.280 e. The van der Waals surface area contributed by atoms with Crippen molar-refractivity contribution in [1.29, 1.82) is 0 Å². The van der Waals surface area contributed by atoms with Crippen LogP contribution in [0.4, 0.5) is 0 Å². The zero-order valence-corrected chi connectivity index (χ0v) is 12.2. The molecule has 1 aliphatic rings. The van der Waals surface area contributed by atoms with Crippen LogP contribution < -0.4 is 16.2 Å². The van der Waals surface area contributed by atoms with Crippen molar-refractivity contribution in [2.45, 2.75) is 33.3 Å². The van der Waals surface area contributed by atoms with Crippen molar-refractivity contribution in [3.05, 3.63) is 34.9 Å². The van der Waals surface area contributed by atoms with E-state index in [0.29, 0.717) is 5.56 Å². The minimum absolute atomic E-state index is 0.239. The molecule has 1 amide bonds. The molecule has 4 N–H and O–H groups in total. The van der Waals surface area contributed by atoms with Gasteiger partial charge in [0.2, 0.25) is 0 Å². The molecule has 106 valence electrons. The molecule has 20 heavy (non-hydrogen) atoms. The summed E-state index contributed by atoms with van der Waals surface area (Å²) in [4.78, 5) is 15.6. The van der Waals surface area contributed by atoms with Crippen LogP contribution in [0, 0.1) is 6.92 Å². The standard InChI is InChI=1S/C15H19N3O2/c1-8-5-12-10(9(2)7-15(3,4)20-12)6-11(8)13(19)18-14(16)17/h5-7H,1-4H3,(H4,16,17,18,19). The predicted molar refractivity (Wildman–Crippen MR) is 79.7 cm³/mol. The van der Waals surface area contributed by atoms with E-state index in [-0.39, 0.29) is 11.6 Å². The molecular formula is C15H19N3O2. The molecule has 2 rings (SSSR count). The lowest BCUT2D eigenvalue weighted by Crippen LogP contribution is -2.29. The van der Waals surface area contributed by atoms with E-state index in [9.17, 15) is 4.79 Å². The number of guanidine groups is 1. The van der Waals surface area contributed by atoms with Gasteiger partial charge in [0, 0.05) is 11.1 Å². The third-order valence-electron chi connectivity index (χ3n) is 3.15. The van der Waals surface area contributed by atoms with Crippen LogP contribution in [0.2, 0.25) is 0 Å². The van der Waals surface area contributed by atoms with Crippen LogP contribution in [0.15, 0.2) is 23.2 Å². The van der Waals surface area contributed by atoms with E-state index in [1.165, 1.54) is 0 Å². The largest absolute Gasteiger partial charge is 0.483 e. The Morgan fingerprint density at radius 3 is 2.50 bits per heavy atom. The summed E-state index contributed by atoms with van der Waals surface area (Å²) in [5, 5.41) is 0. The summed E-state index contributed by atoms with van der Waals surface area (Å²) in [7, 11) is 0. The third kappa shape index (κ3) is 2.66. The fraction of sp³-hybridized carbons (Fsp3) is 0.333. The highest BCUT2D eigenvalue weighted by molar-refractivity contribution is 6.03. The Kier molecular flexibility index (Phi) is 3.29. The molecule has 0 aliphatic carbocycles. The number of fused-ring (bicyclic) bond motifs is 1. The van der Waals surface area contributed by atoms with Gasteiger partial charge < -0.3 is 16.2 Å². The summed E-state index contributed by atoms with van der Waals surface area (Å²) in [5.41, 5.74) is 13.4. The van der Waals surface area contributed by atoms with Crippen molar-refractivity contribution in [3.8, 4) is 5.75 Å². The molecule has 0 atom stereocenters. The Hall–Kier alpha value is -2.30. The molecule has 1 aromatic rings. The van der Waals surface area contributed by atoms with Gasteiger partial charge in [0.25, 0.3) is 5.91 Å². The highest BCUT2D eigenvalue weighted by Crippen LogP contribution is 2.37. The summed E-state index contributed by atoms with van der Waals surface area (Å²) in [5.74, 6) is 0.0912. The van der Waals surface area contributed by atoms with E-state index in [1.807, 2.05) is 39.8 Å². The molecule has 1 aliphatic heterocycles. The van der Waals surface area contributed by atoms with Gasteiger partial charge in [0.1, 0.15) is 11.4 Å². The fourth-order valence-corrected chi connectivity index (χ4v) is 2.39. The normalized spacial score (nSPS) is 15.7. The summed E-state index contributed by atoms with van der Waals surface area (Å²) in [6, 6.07) is 3.63. The lowest BCUT2D eigenvalue weighted by molar-refractivity contribution is 0.100. The van der Waals surface area contributed by atoms with Crippen molar-refractivity contribution >= 4 is 17.4 Å². The molecule has 1 heterocycles. The zero-order chi connectivity index (χ0) is 15.1. The van der Waals surface area contributed by atoms with Gasteiger partial charge in [0.05, 0.1) is 0 Å². The summed E-state index contributed by atoms with van der Waals surface area (Å²) in [6.45, 7) is 7.81. The fourth-order valence-electron chi connectivity index (χ4n) is 2.39. The Morgan fingerprint density at radius 2 is 1.90 bits per heavy atom. The first-order valence-corrected chi connectivity index (χ1v) is 6.37. The first kappa shape index (κ1) is 14.1. The Labute approximate surface area is 118 Å².